The first-order valence-corrected chi connectivity index (χ1v) is 14.4. The van der Waals surface area contributed by atoms with Gasteiger partial charge in [0.1, 0.15) is 11.6 Å². The monoisotopic (exact) mass is 559 g/mol. The van der Waals surface area contributed by atoms with E-state index in [1.165, 1.54) is 12.1 Å². The van der Waals surface area contributed by atoms with Crippen LogP contribution in [0.2, 0.25) is 5.02 Å². The summed E-state index contributed by atoms with van der Waals surface area (Å²) < 4.78 is 28.3. The molecule has 2 N–H and O–H groups in total. The van der Waals surface area contributed by atoms with Gasteiger partial charge in [-0.05, 0) is 75.8 Å². The molecule has 4 rings (SSSR count). The Hall–Kier alpha value is -2.51. The highest BCUT2D eigenvalue weighted by Gasteiger charge is 2.42. The number of nitrogens with one attached hydrogen (secondary N) is 2. The summed E-state index contributed by atoms with van der Waals surface area (Å²) in [7, 11) is 0. The third kappa shape index (κ3) is 7.57. The fourth-order valence-electron chi connectivity index (χ4n) is 5.88. The smallest absolute Gasteiger partial charge is 0.225 e. The van der Waals surface area contributed by atoms with Crippen LogP contribution in [0.1, 0.15) is 82.4 Å². The van der Waals surface area contributed by atoms with Gasteiger partial charge in [0.25, 0.3) is 0 Å². The summed E-state index contributed by atoms with van der Waals surface area (Å²) in [5, 5.41) is 6.92. The predicted molar refractivity (Wildman–Crippen MR) is 150 cm³/mol. The average Bonchev–Trinajstić information content (AvgIpc) is 3.57. The summed E-state index contributed by atoms with van der Waals surface area (Å²) in [6, 6.07) is 10.9. The molecule has 2 aromatic rings. The molecule has 1 aliphatic heterocycles. The number of hydrogen-bond donors (Lipinski definition) is 2. The minimum absolute atomic E-state index is 0.0661. The average molecular weight is 560 g/mol. The van der Waals surface area contributed by atoms with Gasteiger partial charge in [-0.1, -0.05) is 42.6 Å². The summed E-state index contributed by atoms with van der Waals surface area (Å²) in [4.78, 5) is 28.4. The third-order valence-corrected chi connectivity index (χ3v) is 8.50. The largest absolute Gasteiger partial charge is 0.356 e. The lowest BCUT2D eigenvalue weighted by Crippen LogP contribution is -2.41. The Morgan fingerprint density at radius 1 is 1.03 bits per heavy atom. The van der Waals surface area contributed by atoms with Crippen LogP contribution < -0.4 is 10.6 Å². The van der Waals surface area contributed by atoms with E-state index in [9.17, 15) is 18.4 Å². The first-order valence-electron chi connectivity index (χ1n) is 14.1. The minimum Gasteiger partial charge on any atom is -0.356 e. The highest BCUT2D eigenvalue weighted by Crippen LogP contribution is 2.37. The maximum absolute atomic E-state index is 14.7. The number of carbonyl (C=O) groups is 2. The topological polar surface area (TPSA) is 61.4 Å². The Labute approximate surface area is 235 Å². The molecular weight excluding hydrogens is 520 g/mol. The Morgan fingerprint density at radius 2 is 1.72 bits per heavy atom. The minimum atomic E-state index is -0.627. The van der Waals surface area contributed by atoms with Crippen LogP contribution in [0.15, 0.2) is 42.5 Å². The predicted octanol–water partition coefficient (Wildman–Crippen LogP) is 6.38. The number of halogens is 3. The molecule has 2 fully saturated rings. The standard InChI is InChI=1S/C31H40ClF2N3O2/c1-31(2,3)37-18-25(24-15-14-23(33)17-27(24)34)26(19-37)30(39)35-16-6-9-28(20-10-12-22(32)13-11-20)36-29(38)21-7-4-5-8-21/h10-15,17,21,25-26,28H,4-9,16,18-19H2,1-3H3,(H,35,39)(H,36,38)/t25-,26+,28-/m0/s1. The van der Waals surface area contributed by atoms with Crippen molar-refractivity contribution in [1.82, 2.24) is 15.5 Å². The summed E-state index contributed by atoms with van der Waals surface area (Å²) in [6.45, 7) is 7.68. The number of amides is 2. The van der Waals surface area contributed by atoms with Crippen molar-refractivity contribution in [3.05, 3.63) is 70.2 Å². The van der Waals surface area contributed by atoms with Crippen LogP contribution in [-0.4, -0.2) is 41.9 Å². The van der Waals surface area contributed by atoms with E-state index < -0.39 is 17.6 Å². The van der Waals surface area contributed by atoms with Crippen molar-refractivity contribution >= 4 is 23.4 Å². The molecule has 0 unspecified atom stereocenters. The highest BCUT2D eigenvalue weighted by molar-refractivity contribution is 6.30. The Bertz CT molecular complexity index is 1150. The quantitative estimate of drug-likeness (QED) is 0.351. The molecule has 212 valence electrons. The summed E-state index contributed by atoms with van der Waals surface area (Å²) in [5.74, 6) is -2.02. The molecule has 2 amide bonds. The molecule has 3 atom stereocenters. The second kappa shape index (κ2) is 12.8. The maximum Gasteiger partial charge on any atom is 0.225 e. The van der Waals surface area contributed by atoms with E-state index in [4.69, 9.17) is 11.6 Å². The number of benzene rings is 2. The molecule has 8 heteroatoms. The second-order valence-corrected chi connectivity index (χ2v) is 12.4. The van der Waals surface area contributed by atoms with Crippen molar-refractivity contribution < 1.29 is 18.4 Å². The third-order valence-electron chi connectivity index (χ3n) is 8.25. The summed E-state index contributed by atoms with van der Waals surface area (Å²) >= 11 is 6.08. The van der Waals surface area contributed by atoms with Crippen molar-refractivity contribution in [2.24, 2.45) is 11.8 Å². The van der Waals surface area contributed by atoms with Crippen LogP contribution in [0.3, 0.4) is 0 Å². The number of rotatable bonds is 9. The molecule has 0 radical (unpaired) electrons. The lowest BCUT2D eigenvalue weighted by molar-refractivity contribution is -0.126. The molecule has 1 aliphatic carbocycles. The van der Waals surface area contributed by atoms with Crippen LogP contribution in [-0.2, 0) is 9.59 Å². The number of likely N-dealkylation sites (tertiary alicyclic amines) is 1. The number of carbonyl (C=O) groups excluding carboxylic acids is 2. The van der Waals surface area contributed by atoms with E-state index in [2.05, 4.69) is 36.3 Å². The van der Waals surface area contributed by atoms with Gasteiger partial charge in [0.2, 0.25) is 11.8 Å². The maximum atomic E-state index is 14.7. The van der Waals surface area contributed by atoms with Crippen molar-refractivity contribution in [2.75, 3.05) is 19.6 Å². The van der Waals surface area contributed by atoms with E-state index in [-0.39, 0.29) is 35.2 Å². The van der Waals surface area contributed by atoms with Gasteiger partial charge in [0.15, 0.2) is 0 Å². The summed E-state index contributed by atoms with van der Waals surface area (Å²) in [5.41, 5.74) is 1.17. The van der Waals surface area contributed by atoms with E-state index in [1.807, 2.05) is 24.3 Å². The number of nitrogens with zero attached hydrogens (tertiary/aromatic N) is 1. The van der Waals surface area contributed by atoms with E-state index in [1.54, 1.807) is 0 Å². The van der Waals surface area contributed by atoms with Crippen LogP contribution in [0.5, 0.6) is 0 Å². The van der Waals surface area contributed by atoms with E-state index >= 15 is 0 Å². The van der Waals surface area contributed by atoms with Gasteiger partial charge in [-0.25, -0.2) is 8.78 Å². The van der Waals surface area contributed by atoms with Gasteiger partial charge >= 0.3 is 0 Å². The van der Waals surface area contributed by atoms with Gasteiger partial charge in [0.05, 0.1) is 12.0 Å². The van der Waals surface area contributed by atoms with Crippen molar-refractivity contribution in [2.45, 2.75) is 76.8 Å². The Kier molecular flexibility index (Phi) is 9.65. The van der Waals surface area contributed by atoms with E-state index in [0.29, 0.717) is 43.1 Å². The Morgan fingerprint density at radius 3 is 2.36 bits per heavy atom. The lowest BCUT2D eigenvalue weighted by Gasteiger charge is -2.31. The van der Waals surface area contributed by atoms with E-state index in [0.717, 1.165) is 37.3 Å². The normalized spacial score (nSPS) is 21.2. The zero-order chi connectivity index (χ0) is 28.2. The first kappa shape index (κ1) is 29.5. The number of hydrogen-bond acceptors (Lipinski definition) is 3. The van der Waals surface area contributed by atoms with Gasteiger partial charge in [0, 0.05) is 48.1 Å². The van der Waals surface area contributed by atoms with Crippen LogP contribution >= 0.6 is 11.6 Å². The van der Waals surface area contributed by atoms with Gasteiger partial charge in [-0.3, -0.25) is 14.5 Å². The molecule has 0 spiro atoms. The first-order chi connectivity index (χ1) is 18.5. The SMILES string of the molecule is CC(C)(C)N1C[C@@H](C(=O)NCCC[C@H](NC(=O)C2CCCC2)c2ccc(Cl)cc2)[C@H](c2ccc(F)cc2F)C1. The molecule has 39 heavy (non-hydrogen) atoms. The van der Waals surface area contributed by atoms with Crippen molar-refractivity contribution in [3.63, 3.8) is 0 Å². The second-order valence-electron chi connectivity index (χ2n) is 12.0. The molecule has 0 aromatic heterocycles. The Balaban J connectivity index is 1.39. The van der Waals surface area contributed by atoms with Gasteiger partial charge in [-0.15, -0.1) is 0 Å². The van der Waals surface area contributed by atoms with Crippen LogP contribution in [0, 0.1) is 23.5 Å². The van der Waals surface area contributed by atoms with Crippen molar-refractivity contribution in [3.8, 4) is 0 Å². The molecule has 2 aromatic carbocycles. The van der Waals surface area contributed by atoms with Gasteiger partial charge in [-0.2, -0.15) is 0 Å². The molecule has 5 nitrogen and oxygen atoms in total. The lowest BCUT2D eigenvalue weighted by atomic mass is 9.88. The molecule has 1 heterocycles. The van der Waals surface area contributed by atoms with Gasteiger partial charge < -0.3 is 10.6 Å². The highest BCUT2D eigenvalue weighted by atomic mass is 35.5. The summed E-state index contributed by atoms with van der Waals surface area (Å²) in [6.07, 6.45) is 5.36. The molecule has 0 bridgehead atoms. The molecule has 1 saturated heterocycles. The van der Waals surface area contributed by atoms with Crippen LogP contribution in [0.4, 0.5) is 8.78 Å². The molecular formula is C31H40ClF2N3O2. The fraction of sp³-hybridized carbons (Fsp3) is 0.548. The zero-order valence-electron chi connectivity index (χ0n) is 23.1. The molecule has 1 saturated carbocycles. The zero-order valence-corrected chi connectivity index (χ0v) is 23.9. The van der Waals surface area contributed by atoms with Crippen LogP contribution in [0.25, 0.3) is 0 Å². The molecule has 2 aliphatic rings. The fourth-order valence-corrected chi connectivity index (χ4v) is 6.00. The van der Waals surface area contributed by atoms with Crippen molar-refractivity contribution in [1.29, 1.82) is 0 Å².